The second-order valence-electron chi connectivity index (χ2n) is 4.88. The lowest BCUT2D eigenvalue weighted by Gasteiger charge is -2.20. The highest BCUT2D eigenvalue weighted by Gasteiger charge is 2.32. The van der Waals surface area contributed by atoms with Crippen LogP contribution >= 0.6 is 7.60 Å². The molecule has 0 fully saturated rings. The Labute approximate surface area is 129 Å². The van der Waals surface area contributed by atoms with Crippen LogP contribution in [0.4, 0.5) is 0 Å². The molecular weight excluding hydrogens is 303 g/mol. The monoisotopic (exact) mass is 320 g/mol. The van der Waals surface area contributed by atoms with Gasteiger partial charge in [0.25, 0.3) is 0 Å². The van der Waals surface area contributed by atoms with E-state index < -0.39 is 19.7 Å². The van der Waals surface area contributed by atoms with Crippen molar-refractivity contribution in [1.82, 2.24) is 0 Å². The predicted molar refractivity (Wildman–Crippen MR) is 83.7 cm³/mol. The van der Waals surface area contributed by atoms with Crippen LogP contribution in [0.5, 0.6) is 11.5 Å². The highest BCUT2D eigenvalue weighted by atomic mass is 31.2. The van der Waals surface area contributed by atoms with E-state index in [-0.39, 0.29) is 0 Å². The van der Waals surface area contributed by atoms with Crippen LogP contribution in [0.2, 0.25) is 0 Å². The molecular formula is C16H17O5P. The van der Waals surface area contributed by atoms with E-state index in [4.69, 9.17) is 14.2 Å². The van der Waals surface area contributed by atoms with Gasteiger partial charge in [-0.25, -0.2) is 4.57 Å². The minimum absolute atomic E-state index is 0.348. The third kappa shape index (κ3) is 4.12. The van der Waals surface area contributed by atoms with Gasteiger partial charge in [-0.2, -0.15) is 0 Å². The van der Waals surface area contributed by atoms with Crippen LogP contribution in [0, 0.1) is 13.8 Å². The quantitative estimate of drug-likeness (QED) is 0.813. The van der Waals surface area contributed by atoms with Crippen LogP contribution in [0.3, 0.4) is 0 Å². The highest BCUT2D eigenvalue weighted by molar-refractivity contribution is 7.55. The molecule has 6 heteroatoms. The SMILES string of the molecule is Cc1ccccc1OP(=O)(CC(=O)O)Oc1ccccc1C. The molecule has 0 saturated carbocycles. The van der Waals surface area contributed by atoms with Gasteiger partial charge in [-0.1, -0.05) is 36.4 Å². The zero-order chi connectivity index (χ0) is 16.2. The van der Waals surface area contributed by atoms with Crippen molar-refractivity contribution < 1.29 is 23.5 Å². The molecule has 1 N–H and O–H groups in total. The second-order valence-corrected chi connectivity index (χ2v) is 6.78. The van der Waals surface area contributed by atoms with Crippen molar-refractivity contribution in [2.24, 2.45) is 0 Å². The minimum atomic E-state index is -3.87. The van der Waals surface area contributed by atoms with E-state index in [0.717, 1.165) is 11.1 Å². The number of carboxylic acid groups (broad SMARTS) is 1. The predicted octanol–water partition coefficient (Wildman–Crippen LogP) is 4.04. The third-order valence-corrected chi connectivity index (χ3v) is 4.60. The number of hydrogen-bond acceptors (Lipinski definition) is 4. The lowest BCUT2D eigenvalue weighted by molar-refractivity contribution is -0.134. The molecule has 0 unspecified atom stereocenters. The lowest BCUT2D eigenvalue weighted by Crippen LogP contribution is -2.13. The molecule has 2 aromatic rings. The molecule has 2 rings (SSSR count). The lowest BCUT2D eigenvalue weighted by atomic mass is 10.2. The maximum absolute atomic E-state index is 12.8. The van der Waals surface area contributed by atoms with Gasteiger partial charge in [0.2, 0.25) is 0 Å². The topological polar surface area (TPSA) is 72.8 Å². The first-order valence-corrected chi connectivity index (χ1v) is 8.44. The fourth-order valence-corrected chi connectivity index (χ4v) is 3.37. The van der Waals surface area contributed by atoms with Crippen LogP contribution in [-0.4, -0.2) is 17.2 Å². The molecule has 0 amide bonds. The maximum Gasteiger partial charge on any atom is 0.441 e. The van der Waals surface area contributed by atoms with Crippen LogP contribution in [-0.2, 0) is 9.36 Å². The summed E-state index contributed by atoms with van der Waals surface area (Å²) in [7, 11) is -3.87. The van der Waals surface area contributed by atoms with Gasteiger partial charge < -0.3 is 14.2 Å². The Hall–Kier alpha value is -2.26. The zero-order valence-corrected chi connectivity index (χ0v) is 13.2. The second kappa shape index (κ2) is 6.67. The van der Waals surface area contributed by atoms with Gasteiger partial charge in [-0.05, 0) is 37.1 Å². The molecule has 0 saturated heterocycles. The Morgan fingerprint density at radius 2 is 1.36 bits per heavy atom. The van der Waals surface area contributed by atoms with Gasteiger partial charge >= 0.3 is 13.6 Å². The van der Waals surface area contributed by atoms with Gasteiger partial charge in [0, 0.05) is 0 Å². The van der Waals surface area contributed by atoms with E-state index in [1.165, 1.54) is 0 Å². The number of benzene rings is 2. The maximum atomic E-state index is 12.8. The standard InChI is InChI=1S/C16H17O5P/c1-12-7-3-5-9-14(12)20-22(19,11-16(17)18)21-15-10-6-4-8-13(15)2/h3-10H,11H2,1-2H3,(H,17,18). The van der Waals surface area contributed by atoms with E-state index in [1.807, 2.05) is 12.1 Å². The normalized spacial score (nSPS) is 11.0. The molecule has 5 nitrogen and oxygen atoms in total. The van der Waals surface area contributed by atoms with Gasteiger partial charge in [0.15, 0.2) is 6.16 Å². The van der Waals surface area contributed by atoms with Crippen molar-refractivity contribution in [2.75, 3.05) is 6.16 Å². The number of hydrogen-bond donors (Lipinski definition) is 1. The molecule has 0 spiro atoms. The van der Waals surface area contributed by atoms with Gasteiger partial charge in [-0.3, -0.25) is 4.79 Å². The van der Waals surface area contributed by atoms with Gasteiger partial charge in [-0.15, -0.1) is 0 Å². The molecule has 0 heterocycles. The summed E-state index contributed by atoms with van der Waals surface area (Å²) >= 11 is 0. The molecule has 0 radical (unpaired) electrons. The summed E-state index contributed by atoms with van der Waals surface area (Å²) in [6.45, 7) is 3.57. The van der Waals surface area contributed by atoms with E-state index in [9.17, 15) is 9.36 Å². The van der Waals surface area contributed by atoms with Crippen LogP contribution in [0.15, 0.2) is 48.5 Å². The molecule has 0 aromatic heterocycles. The molecule has 22 heavy (non-hydrogen) atoms. The van der Waals surface area contributed by atoms with Crippen molar-refractivity contribution in [1.29, 1.82) is 0 Å². The summed E-state index contributed by atoms with van der Waals surface area (Å²) in [5.41, 5.74) is 1.50. The average molecular weight is 320 g/mol. The zero-order valence-electron chi connectivity index (χ0n) is 12.4. The summed E-state index contributed by atoms with van der Waals surface area (Å²) in [5.74, 6) is -0.549. The molecule has 0 bridgehead atoms. The molecule has 0 atom stereocenters. The van der Waals surface area contributed by atoms with Crippen molar-refractivity contribution in [3.8, 4) is 11.5 Å². The smallest absolute Gasteiger partial charge is 0.441 e. The number of para-hydroxylation sites is 2. The number of carbonyl (C=O) groups is 1. The van der Waals surface area contributed by atoms with E-state index >= 15 is 0 Å². The largest absolute Gasteiger partial charge is 0.481 e. The summed E-state index contributed by atoms with van der Waals surface area (Å²) in [4.78, 5) is 11.0. The fraction of sp³-hybridized carbons (Fsp3) is 0.188. The van der Waals surface area contributed by atoms with E-state index in [2.05, 4.69) is 0 Å². The molecule has 116 valence electrons. The summed E-state index contributed by atoms with van der Waals surface area (Å²) in [6.07, 6.45) is -0.713. The Morgan fingerprint density at radius 1 is 0.955 bits per heavy atom. The van der Waals surface area contributed by atoms with Gasteiger partial charge in [0.1, 0.15) is 11.5 Å². The Morgan fingerprint density at radius 3 is 1.73 bits per heavy atom. The number of aryl methyl sites for hydroxylation is 2. The van der Waals surface area contributed by atoms with E-state index in [1.54, 1.807) is 50.2 Å². The van der Waals surface area contributed by atoms with Crippen molar-refractivity contribution in [2.45, 2.75) is 13.8 Å². The van der Waals surface area contributed by atoms with Gasteiger partial charge in [0.05, 0.1) is 0 Å². The van der Waals surface area contributed by atoms with Crippen LogP contribution in [0.25, 0.3) is 0 Å². The van der Waals surface area contributed by atoms with E-state index in [0.29, 0.717) is 11.5 Å². The number of carboxylic acids is 1. The Balaban J connectivity index is 2.32. The van der Waals surface area contributed by atoms with Crippen molar-refractivity contribution in [3.63, 3.8) is 0 Å². The summed E-state index contributed by atoms with van der Waals surface area (Å²) < 4.78 is 23.8. The molecule has 2 aromatic carbocycles. The summed E-state index contributed by atoms with van der Waals surface area (Å²) in [6, 6.07) is 13.9. The highest BCUT2D eigenvalue weighted by Crippen LogP contribution is 2.49. The fourth-order valence-electron chi connectivity index (χ4n) is 1.87. The minimum Gasteiger partial charge on any atom is -0.481 e. The van der Waals surface area contributed by atoms with Crippen molar-refractivity contribution >= 4 is 13.6 Å². The van der Waals surface area contributed by atoms with Crippen LogP contribution < -0.4 is 9.05 Å². The Kier molecular flexibility index (Phi) is 4.88. The molecule has 0 aliphatic carbocycles. The number of rotatable bonds is 6. The first-order chi connectivity index (χ1) is 10.4. The molecule has 0 aliphatic heterocycles. The molecule has 0 aliphatic rings. The Bertz CT molecular complexity index is 674. The first kappa shape index (κ1) is 16.1. The third-order valence-electron chi connectivity index (χ3n) is 2.99. The first-order valence-electron chi connectivity index (χ1n) is 6.71. The van der Waals surface area contributed by atoms with Crippen molar-refractivity contribution in [3.05, 3.63) is 59.7 Å². The van der Waals surface area contributed by atoms with Crippen LogP contribution in [0.1, 0.15) is 11.1 Å². The number of aliphatic carboxylic acids is 1. The summed E-state index contributed by atoms with van der Waals surface area (Å²) in [5, 5.41) is 9.01. The average Bonchev–Trinajstić information content (AvgIpc) is 2.43.